The van der Waals surface area contributed by atoms with Crippen molar-refractivity contribution in [3.63, 3.8) is 0 Å². The van der Waals surface area contributed by atoms with Gasteiger partial charge in [-0.05, 0) is 37.5 Å². The van der Waals surface area contributed by atoms with Crippen LogP contribution in [0.25, 0.3) is 0 Å². The summed E-state index contributed by atoms with van der Waals surface area (Å²) in [6, 6.07) is 3.32. The fraction of sp³-hybridized carbons (Fsp3) is 0.375. The molecule has 116 valence electrons. The second kappa shape index (κ2) is 5.65. The number of halogens is 1. The van der Waals surface area contributed by atoms with Crippen LogP contribution in [0, 0.1) is 6.92 Å². The molecule has 1 N–H and O–H groups in total. The highest BCUT2D eigenvalue weighted by Crippen LogP contribution is 2.32. The van der Waals surface area contributed by atoms with Gasteiger partial charge in [0.1, 0.15) is 0 Å². The van der Waals surface area contributed by atoms with Gasteiger partial charge in [-0.25, -0.2) is 0 Å². The van der Waals surface area contributed by atoms with Gasteiger partial charge in [0, 0.05) is 12.2 Å². The van der Waals surface area contributed by atoms with Crippen LogP contribution < -0.4 is 0 Å². The number of hydrogen-bond donors (Lipinski definition) is 1. The molecule has 0 aromatic carbocycles. The first-order valence-electron chi connectivity index (χ1n) is 7.21. The lowest BCUT2D eigenvalue weighted by Gasteiger charge is -2.13. The molecule has 0 bridgehead atoms. The highest BCUT2D eigenvalue weighted by molar-refractivity contribution is 6.34. The molecule has 0 aliphatic carbocycles. The van der Waals surface area contributed by atoms with Crippen molar-refractivity contribution in [1.82, 2.24) is 4.57 Å². The SMILES string of the molecule is Cc1cc2n(c1C(=O)c1occc1Cl)CCCCC2C(=O)O. The van der Waals surface area contributed by atoms with Crippen molar-refractivity contribution in [3.05, 3.63) is 46.1 Å². The largest absolute Gasteiger partial charge is 0.481 e. The number of fused-ring (bicyclic) bond motifs is 1. The van der Waals surface area contributed by atoms with Crippen LogP contribution in [0.1, 0.15) is 52.7 Å². The Hall–Kier alpha value is -2.01. The van der Waals surface area contributed by atoms with E-state index in [-0.39, 0.29) is 16.6 Å². The smallest absolute Gasteiger partial charge is 0.312 e. The van der Waals surface area contributed by atoms with Gasteiger partial charge in [-0.3, -0.25) is 9.59 Å². The van der Waals surface area contributed by atoms with Gasteiger partial charge in [0.05, 0.1) is 22.9 Å². The molecule has 1 aliphatic heterocycles. The molecule has 0 fully saturated rings. The lowest BCUT2D eigenvalue weighted by Crippen LogP contribution is -2.17. The number of aryl methyl sites for hydroxylation is 1. The molecular formula is C16H16ClNO4. The van der Waals surface area contributed by atoms with Crippen molar-refractivity contribution in [3.8, 4) is 0 Å². The molecule has 0 spiro atoms. The van der Waals surface area contributed by atoms with E-state index in [0.717, 1.165) is 18.4 Å². The van der Waals surface area contributed by atoms with Crippen molar-refractivity contribution < 1.29 is 19.1 Å². The molecule has 0 saturated heterocycles. The first-order valence-corrected chi connectivity index (χ1v) is 7.59. The Morgan fingerprint density at radius 2 is 2.18 bits per heavy atom. The zero-order valence-electron chi connectivity index (χ0n) is 12.1. The Morgan fingerprint density at radius 3 is 2.82 bits per heavy atom. The molecule has 0 amide bonds. The molecule has 2 aromatic rings. The maximum absolute atomic E-state index is 12.7. The number of aliphatic carboxylic acids is 1. The zero-order chi connectivity index (χ0) is 15.9. The van der Waals surface area contributed by atoms with Crippen LogP contribution in [-0.2, 0) is 11.3 Å². The molecule has 0 radical (unpaired) electrons. The number of ketones is 1. The molecule has 1 atom stereocenters. The zero-order valence-corrected chi connectivity index (χ0v) is 12.9. The molecule has 1 unspecified atom stereocenters. The predicted octanol–water partition coefficient (Wildman–Crippen LogP) is 3.63. The van der Waals surface area contributed by atoms with Crippen LogP contribution in [0.5, 0.6) is 0 Å². The fourth-order valence-electron chi connectivity index (χ4n) is 3.12. The van der Waals surface area contributed by atoms with Gasteiger partial charge in [-0.2, -0.15) is 0 Å². The number of rotatable bonds is 3. The van der Waals surface area contributed by atoms with Crippen LogP contribution in [0.15, 0.2) is 22.8 Å². The van der Waals surface area contributed by atoms with Crippen LogP contribution in [0.4, 0.5) is 0 Å². The minimum Gasteiger partial charge on any atom is -0.481 e. The van der Waals surface area contributed by atoms with E-state index in [1.54, 1.807) is 6.07 Å². The van der Waals surface area contributed by atoms with Gasteiger partial charge in [0.25, 0.3) is 0 Å². The summed E-state index contributed by atoms with van der Waals surface area (Å²) in [6.45, 7) is 2.44. The average Bonchev–Trinajstić information content (AvgIpc) is 2.95. The van der Waals surface area contributed by atoms with E-state index in [0.29, 0.717) is 24.4 Å². The minimum atomic E-state index is -0.851. The third-order valence-electron chi connectivity index (χ3n) is 4.14. The molecule has 0 saturated carbocycles. The first kappa shape index (κ1) is 14.9. The van der Waals surface area contributed by atoms with E-state index in [4.69, 9.17) is 16.0 Å². The van der Waals surface area contributed by atoms with Crippen molar-refractivity contribution in [2.45, 2.75) is 38.6 Å². The van der Waals surface area contributed by atoms with E-state index in [9.17, 15) is 14.7 Å². The maximum atomic E-state index is 12.7. The number of carboxylic acid groups (broad SMARTS) is 1. The van der Waals surface area contributed by atoms with Crippen LogP contribution in [-0.4, -0.2) is 21.4 Å². The lowest BCUT2D eigenvalue weighted by molar-refractivity contribution is -0.139. The number of carboxylic acids is 1. The first-order chi connectivity index (χ1) is 10.5. The molecule has 5 nitrogen and oxygen atoms in total. The third kappa shape index (κ3) is 2.35. The van der Waals surface area contributed by atoms with E-state index in [1.807, 2.05) is 11.5 Å². The minimum absolute atomic E-state index is 0.0989. The van der Waals surface area contributed by atoms with Gasteiger partial charge in [-0.15, -0.1) is 0 Å². The number of carbonyl (C=O) groups excluding carboxylic acids is 1. The second-order valence-corrected chi connectivity index (χ2v) is 5.97. The average molecular weight is 322 g/mol. The van der Waals surface area contributed by atoms with E-state index in [1.165, 1.54) is 12.3 Å². The summed E-state index contributed by atoms with van der Waals surface area (Å²) in [5, 5.41) is 9.71. The maximum Gasteiger partial charge on any atom is 0.312 e. The summed E-state index contributed by atoms with van der Waals surface area (Å²) in [7, 11) is 0. The summed E-state index contributed by atoms with van der Waals surface area (Å²) < 4.78 is 7.01. The monoisotopic (exact) mass is 321 g/mol. The topological polar surface area (TPSA) is 72.4 Å². The fourth-order valence-corrected chi connectivity index (χ4v) is 3.30. The van der Waals surface area contributed by atoms with Crippen molar-refractivity contribution in [2.75, 3.05) is 0 Å². The summed E-state index contributed by atoms with van der Waals surface area (Å²) in [4.78, 5) is 24.2. The normalized spacial score (nSPS) is 17.8. The Balaban J connectivity index is 2.12. The standard InChI is InChI=1S/C16H16ClNO4/c1-9-8-12-10(16(20)21)4-2-3-6-18(12)13(9)14(19)15-11(17)5-7-22-15/h5,7-8,10H,2-4,6H2,1H3,(H,20,21). The molecule has 3 rings (SSSR count). The van der Waals surface area contributed by atoms with Gasteiger partial charge in [0.2, 0.25) is 5.78 Å². The summed E-state index contributed by atoms with van der Waals surface area (Å²) in [5.41, 5.74) is 1.91. The number of carbonyl (C=O) groups is 2. The van der Waals surface area contributed by atoms with Crippen LogP contribution in [0.2, 0.25) is 5.02 Å². The van der Waals surface area contributed by atoms with E-state index in [2.05, 4.69) is 0 Å². The van der Waals surface area contributed by atoms with Crippen molar-refractivity contribution in [2.24, 2.45) is 0 Å². The molecule has 3 heterocycles. The lowest BCUT2D eigenvalue weighted by atomic mass is 9.99. The Kier molecular flexibility index (Phi) is 3.83. The van der Waals surface area contributed by atoms with Gasteiger partial charge in [-0.1, -0.05) is 18.0 Å². The highest BCUT2D eigenvalue weighted by Gasteiger charge is 2.31. The van der Waals surface area contributed by atoms with Crippen LogP contribution >= 0.6 is 11.6 Å². The molecule has 22 heavy (non-hydrogen) atoms. The number of aromatic nitrogens is 1. The van der Waals surface area contributed by atoms with Crippen molar-refractivity contribution in [1.29, 1.82) is 0 Å². The summed E-state index contributed by atoms with van der Waals surface area (Å²) >= 11 is 5.98. The molecular weight excluding hydrogens is 306 g/mol. The van der Waals surface area contributed by atoms with E-state index < -0.39 is 11.9 Å². The van der Waals surface area contributed by atoms with E-state index >= 15 is 0 Å². The molecule has 1 aliphatic rings. The van der Waals surface area contributed by atoms with Crippen molar-refractivity contribution >= 4 is 23.4 Å². The number of hydrogen-bond acceptors (Lipinski definition) is 3. The molecule has 6 heteroatoms. The summed E-state index contributed by atoms with van der Waals surface area (Å²) in [6.07, 6.45) is 3.63. The predicted molar refractivity (Wildman–Crippen MR) is 80.5 cm³/mol. The van der Waals surface area contributed by atoms with Gasteiger partial charge in [0.15, 0.2) is 5.76 Å². The Bertz CT molecular complexity index is 743. The second-order valence-electron chi connectivity index (χ2n) is 5.57. The quantitative estimate of drug-likeness (QED) is 0.876. The molecule has 2 aromatic heterocycles. The van der Waals surface area contributed by atoms with Gasteiger partial charge >= 0.3 is 5.97 Å². The third-order valence-corrected chi connectivity index (χ3v) is 4.44. The Morgan fingerprint density at radius 1 is 1.41 bits per heavy atom. The summed E-state index contributed by atoms with van der Waals surface area (Å²) in [5.74, 6) is -1.63. The van der Waals surface area contributed by atoms with Crippen LogP contribution in [0.3, 0.4) is 0 Å². The number of nitrogens with zero attached hydrogens (tertiary/aromatic N) is 1. The van der Waals surface area contributed by atoms with Gasteiger partial charge < -0.3 is 14.1 Å². The Labute approximate surface area is 132 Å². The highest BCUT2D eigenvalue weighted by atomic mass is 35.5. The number of furan rings is 1.